The Hall–Kier alpha value is -8.06. The second-order valence-electron chi connectivity index (χ2n) is 16.4. The van der Waals surface area contributed by atoms with Crippen LogP contribution in [0.25, 0.3) is 122 Å². The largest absolute Gasteiger partial charge is 0.0622 e. The Labute approximate surface area is 362 Å². The molecule has 0 fully saturated rings. The van der Waals surface area contributed by atoms with Crippen LogP contribution < -0.4 is 0 Å². The summed E-state index contributed by atoms with van der Waals surface area (Å²) >= 11 is 0. The Bertz CT molecular complexity index is 3460. The van der Waals surface area contributed by atoms with Gasteiger partial charge in [-0.3, -0.25) is 0 Å². The van der Waals surface area contributed by atoms with E-state index in [1.54, 1.807) is 0 Å². The van der Waals surface area contributed by atoms with Gasteiger partial charge in [0.05, 0.1) is 0 Å². The molecular weight excluding hydrogens is 745 g/mol. The van der Waals surface area contributed by atoms with Crippen LogP contribution in [0.15, 0.2) is 243 Å². The molecule has 0 atom stereocenters. The van der Waals surface area contributed by atoms with Gasteiger partial charge in [-0.05, 0) is 140 Å². The van der Waals surface area contributed by atoms with E-state index in [0.29, 0.717) is 0 Å². The molecular formula is C62H40. The minimum atomic E-state index is 1.20. The van der Waals surface area contributed by atoms with E-state index in [1.807, 2.05) is 0 Å². The SMILES string of the molecule is c1ccc(-c2cccc(-c3ccc(-c4ccc5c(-c6ccccc6)c6c(c(-c7ccccc7)c5c4)-c4cccc5c(-c7cccc(-c8ccccc8)c7)ccc-6c45)cc3)c2)cc1. The summed E-state index contributed by atoms with van der Waals surface area (Å²) in [6.45, 7) is 0. The van der Waals surface area contributed by atoms with Gasteiger partial charge in [0.1, 0.15) is 0 Å². The summed E-state index contributed by atoms with van der Waals surface area (Å²) in [5.74, 6) is 0. The molecule has 0 unspecified atom stereocenters. The molecule has 1 aliphatic rings. The Balaban J connectivity index is 1.06. The van der Waals surface area contributed by atoms with E-state index >= 15 is 0 Å². The lowest BCUT2D eigenvalue weighted by Crippen LogP contribution is -1.94. The average molecular weight is 785 g/mol. The van der Waals surface area contributed by atoms with Crippen molar-refractivity contribution in [3.05, 3.63) is 243 Å². The van der Waals surface area contributed by atoms with E-state index in [4.69, 9.17) is 0 Å². The molecule has 62 heavy (non-hydrogen) atoms. The van der Waals surface area contributed by atoms with Gasteiger partial charge in [-0.2, -0.15) is 0 Å². The van der Waals surface area contributed by atoms with Gasteiger partial charge in [0, 0.05) is 0 Å². The monoisotopic (exact) mass is 784 g/mol. The summed E-state index contributed by atoms with van der Waals surface area (Å²) in [5, 5.41) is 5.11. The standard InChI is InChI=1S/C62H40/c1-5-16-41(17-6-1)47-24-13-25-48(38-47)43-30-32-44(33-31-43)50-34-35-54-57(40-50)59(46-22-11-4-12-23-46)61-55-29-15-28-53-52(51-27-14-26-49(39-51)42-18-7-2-8-19-42)36-37-56(60(53)55)62(61)58(54)45-20-9-3-10-21-45/h1-40H. The Morgan fingerprint density at radius 3 is 1.08 bits per heavy atom. The molecule has 0 aliphatic heterocycles. The van der Waals surface area contributed by atoms with Gasteiger partial charge in [0.25, 0.3) is 0 Å². The normalized spacial score (nSPS) is 11.5. The smallest absolute Gasteiger partial charge is 0.000741 e. The summed E-state index contributed by atoms with van der Waals surface area (Å²) in [5.41, 5.74) is 22.4. The van der Waals surface area contributed by atoms with Gasteiger partial charge in [0.15, 0.2) is 0 Å². The van der Waals surface area contributed by atoms with Gasteiger partial charge >= 0.3 is 0 Å². The highest BCUT2D eigenvalue weighted by molar-refractivity contribution is 6.29. The zero-order valence-corrected chi connectivity index (χ0v) is 34.1. The fourth-order valence-electron chi connectivity index (χ4n) is 9.95. The summed E-state index contributed by atoms with van der Waals surface area (Å²) < 4.78 is 0. The Morgan fingerprint density at radius 1 is 0.161 bits per heavy atom. The minimum Gasteiger partial charge on any atom is -0.0622 e. The summed E-state index contributed by atoms with van der Waals surface area (Å²) in [4.78, 5) is 0. The maximum absolute atomic E-state index is 2.44. The van der Waals surface area contributed by atoms with Gasteiger partial charge < -0.3 is 0 Å². The predicted molar refractivity (Wildman–Crippen MR) is 264 cm³/mol. The van der Waals surface area contributed by atoms with Gasteiger partial charge in [-0.25, -0.2) is 0 Å². The Kier molecular flexibility index (Phi) is 8.61. The molecule has 12 rings (SSSR count). The third-order valence-electron chi connectivity index (χ3n) is 12.8. The van der Waals surface area contributed by atoms with Crippen molar-refractivity contribution in [1.29, 1.82) is 0 Å². The van der Waals surface area contributed by atoms with Gasteiger partial charge in [-0.15, -0.1) is 0 Å². The first-order chi connectivity index (χ1) is 30.8. The molecule has 0 radical (unpaired) electrons. The molecule has 0 bridgehead atoms. The summed E-state index contributed by atoms with van der Waals surface area (Å²) in [6, 6.07) is 89.1. The van der Waals surface area contributed by atoms with Crippen LogP contribution in [0.5, 0.6) is 0 Å². The maximum Gasteiger partial charge on any atom is -0.000741 e. The molecule has 288 valence electrons. The summed E-state index contributed by atoms with van der Waals surface area (Å²) in [7, 11) is 0. The lowest BCUT2D eigenvalue weighted by molar-refractivity contribution is 1.58. The highest BCUT2D eigenvalue weighted by Gasteiger charge is 2.31. The molecule has 0 spiro atoms. The molecule has 0 amide bonds. The van der Waals surface area contributed by atoms with Crippen molar-refractivity contribution in [3.63, 3.8) is 0 Å². The second kappa shape index (κ2) is 14.9. The third-order valence-corrected chi connectivity index (χ3v) is 12.8. The fraction of sp³-hybridized carbons (Fsp3) is 0. The van der Waals surface area contributed by atoms with Crippen molar-refractivity contribution >= 4 is 21.5 Å². The van der Waals surface area contributed by atoms with Crippen molar-refractivity contribution in [2.75, 3.05) is 0 Å². The molecule has 0 heteroatoms. The van der Waals surface area contributed by atoms with Crippen LogP contribution in [-0.2, 0) is 0 Å². The highest BCUT2D eigenvalue weighted by Crippen LogP contribution is 2.58. The molecule has 0 N–H and O–H groups in total. The number of hydrogen-bond donors (Lipinski definition) is 0. The van der Waals surface area contributed by atoms with E-state index in [9.17, 15) is 0 Å². The fourth-order valence-corrected chi connectivity index (χ4v) is 9.95. The minimum absolute atomic E-state index is 1.20. The van der Waals surface area contributed by atoms with E-state index in [1.165, 1.54) is 122 Å². The van der Waals surface area contributed by atoms with Crippen LogP contribution in [0.3, 0.4) is 0 Å². The van der Waals surface area contributed by atoms with Crippen LogP contribution in [-0.4, -0.2) is 0 Å². The topological polar surface area (TPSA) is 0 Å². The first kappa shape index (κ1) is 35.8. The summed E-state index contributed by atoms with van der Waals surface area (Å²) in [6.07, 6.45) is 0. The maximum atomic E-state index is 2.44. The van der Waals surface area contributed by atoms with E-state index in [2.05, 4.69) is 243 Å². The van der Waals surface area contributed by atoms with Gasteiger partial charge in [0.2, 0.25) is 0 Å². The van der Waals surface area contributed by atoms with E-state index in [-0.39, 0.29) is 0 Å². The molecule has 0 heterocycles. The van der Waals surface area contributed by atoms with Crippen molar-refractivity contribution < 1.29 is 0 Å². The number of fused-ring (bicyclic) bond motifs is 4. The van der Waals surface area contributed by atoms with E-state index < -0.39 is 0 Å². The van der Waals surface area contributed by atoms with Gasteiger partial charge in [-0.1, -0.05) is 224 Å². The Morgan fingerprint density at radius 2 is 0.532 bits per heavy atom. The van der Waals surface area contributed by atoms with Crippen molar-refractivity contribution in [2.45, 2.75) is 0 Å². The lowest BCUT2D eigenvalue weighted by atomic mass is 9.81. The molecule has 0 saturated carbocycles. The second-order valence-corrected chi connectivity index (χ2v) is 16.4. The predicted octanol–water partition coefficient (Wildman–Crippen LogP) is 17.3. The number of hydrogen-bond acceptors (Lipinski definition) is 0. The van der Waals surface area contributed by atoms with E-state index in [0.717, 1.165) is 0 Å². The van der Waals surface area contributed by atoms with Crippen LogP contribution >= 0.6 is 0 Å². The number of benzene rings is 11. The lowest BCUT2D eigenvalue weighted by Gasteiger charge is -2.21. The van der Waals surface area contributed by atoms with Crippen molar-refractivity contribution in [3.8, 4) is 100 Å². The first-order valence-corrected chi connectivity index (χ1v) is 21.5. The molecule has 1 aliphatic carbocycles. The van der Waals surface area contributed by atoms with Crippen LogP contribution in [0.4, 0.5) is 0 Å². The highest BCUT2D eigenvalue weighted by atomic mass is 14.3. The molecule has 0 saturated heterocycles. The average Bonchev–Trinajstić information content (AvgIpc) is 3.69. The molecule has 0 nitrogen and oxygen atoms in total. The van der Waals surface area contributed by atoms with Crippen LogP contribution in [0.1, 0.15) is 0 Å². The van der Waals surface area contributed by atoms with Crippen LogP contribution in [0, 0.1) is 0 Å². The molecule has 11 aromatic carbocycles. The zero-order valence-electron chi connectivity index (χ0n) is 34.1. The van der Waals surface area contributed by atoms with Crippen molar-refractivity contribution in [2.24, 2.45) is 0 Å². The number of rotatable bonds is 7. The molecule has 0 aromatic heterocycles. The first-order valence-electron chi connectivity index (χ1n) is 21.5. The third kappa shape index (κ3) is 5.99. The zero-order chi connectivity index (χ0) is 41.0. The van der Waals surface area contributed by atoms with Crippen LogP contribution in [0.2, 0.25) is 0 Å². The van der Waals surface area contributed by atoms with Crippen molar-refractivity contribution in [1.82, 2.24) is 0 Å². The molecule has 11 aromatic rings. The quantitative estimate of drug-likeness (QED) is 0.151.